The second-order valence-corrected chi connectivity index (χ2v) is 8.58. The van der Waals surface area contributed by atoms with E-state index in [4.69, 9.17) is 5.73 Å². The third-order valence-electron chi connectivity index (χ3n) is 6.86. The van der Waals surface area contributed by atoms with Crippen LogP contribution in [0.15, 0.2) is 0 Å². The Kier molecular flexibility index (Phi) is 4.54. The molecule has 0 aromatic rings. The lowest BCUT2D eigenvalue weighted by atomic mass is 9.65. The van der Waals surface area contributed by atoms with Crippen molar-refractivity contribution in [2.75, 3.05) is 13.1 Å². The Morgan fingerprint density at radius 2 is 1.50 bits per heavy atom. The molecule has 4 aliphatic rings. The number of carbonyl (C=O) groups is 2. The summed E-state index contributed by atoms with van der Waals surface area (Å²) < 4.78 is 0. The summed E-state index contributed by atoms with van der Waals surface area (Å²) in [4.78, 5) is 26.9. The largest absolute Gasteiger partial charge is 0.353 e. The first-order valence-electron chi connectivity index (χ1n) is 9.96. The first-order valence-corrected chi connectivity index (χ1v) is 9.96. The van der Waals surface area contributed by atoms with E-state index >= 15 is 0 Å². The summed E-state index contributed by atoms with van der Waals surface area (Å²) in [5, 5.41) is 3.16. The van der Waals surface area contributed by atoms with Crippen LogP contribution in [0.3, 0.4) is 0 Å². The van der Waals surface area contributed by atoms with Crippen molar-refractivity contribution >= 4 is 11.8 Å². The van der Waals surface area contributed by atoms with Crippen molar-refractivity contribution < 1.29 is 9.59 Å². The van der Waals surface area contributed by atoms with E-state index < -0.39 is 0 Å². The van der Waals surface area contributed by atoms with E-state index in [-0.39, 0.29) is 23.8 Å². The van der Waals surface area contributed by atoms with Gasteiger partial charge < -0.3 is 16.0 Å². The van der Waals surface area contributed by atoms with Gasteiger partial charge in [-0.15, -0.1) is 0 Å². The highest BCUT2D eigenvalue weighted by Crippen LogP contribution is 2.42. The highest BCUT2D eigenvalue weighted by atomic mass is 16.2. The summed E-state index contributed by atoms with van der Waals surface area (Å²) in [5.74, 6) is 2.16. The Morgan fingerprint density at radius 3 is 2.08 bits per heavy atom. The number of fused-ring (bicyclic) bond motifs is 2. The van der Waals surface area contributed by atoms with Gasteiger partial charge in [0.15, 0.2) is 0 Å². The Morgan fingerprint density at radius 1 is 0.875 bits per heavy atom. The number of piperidine rings is 1. The lowest BCUT2D eigenvalue weighted by Crippen LogP contribution is -2.52. The number of hydrogen-bond acceptors (Lipinski definition) is 3. The van der Waals surface area contributed by atoms with E-state index in [0.717, 1.165) is 51.6 Å². The Bertz CT molecular complexity index is 483. The number of carbonyl (C=O) groups excluding carboxylic acids is 2. The van der Waals surface area contributed by atoms with Gasteiger partial charge in [-0.25, -0.2) is 0 Å². The Labute approximate surface area is 144 Å². The fourth-order valence-corrected chi connectivity index (χ4v) is 5.16. The molecule has 3 aliphatic carbocycles. The molecule has 2 atom stereocenters. The summed E-state index contributed by atoms with van der Waals surface area (Å²) in [6.07, 6.45) is 9.60. The van der Waals surface area contributed by atoms with Crippen molar-refractivity contribution in [3.8, 4) is 0 Å². The monoisotopic (exact) mass is 333 g/mol. The van der Waals surface area contributed by atoms with E-state index in [9.17, 15) is 9.59 Å². The third kappa shape index (κ3) is 3.32. The molecule has 0 spiro atoms. The van der Waals surface area contributed by atoms with Gasteiger partial charge in [0, 0.05) is 37.0 Å². The zero-order valence-electron chi connectivity index (χ0n) is 14.6. The summed E-state index contributed by atoms with van der Waals surface area (Å²) in [7, 11) is 0. The number of nitrogens with one attached hydrogen (secondary N) is 1. The Balaban J connectivity index is 1.27. The summed E-state index contributed by atoms with van der Waals surface area (Å²) >= 11 is 0. The van der Waals surface area contributed by atoms with Crippen LogP contribution in [0.5, 0.6) is 0 Å². The van der Waals surface area contributed by atoms with Gasteiger partial charge in [0.2, 0.25) is 11.8 Å². The smallest absolute Gasteiger partial charge is 0.225 e. The summed E-state index contributed by atoms with van der Waals surface area (Å²) in [5.41, 5.74) is 6.35. The molecule has 2 unspecified atom stereocenters. The van der Waals surface area contributed by atoms with Crippen molar-refractivity contribution in [2.45, 2.75) is 69.9 Å². The fraction of sp³-hybridized carbons (Fsp3) is 0.895. The quantitative estimate of drug-likeness (QED) is 0.825. The van der Waals surface area contributed by atoms with Crippen LogP contribution in [0.4, 0.5) is 0 Å². The van der Waals surface area contributed by atoms with Crippen molar-refractivity contribution in [1.29, 1.82) is 0 Å². The predicted octanol–water partition coefficient (Wildman–Crippen LogP) is 1.66. The molecular formula is C19H31N3O2. The molecule has 5 heteroatoms. The number of amides is 2. The minimum absolute atomic E-state index is 0.192. The van der Waals surface area contributed by atoms with Crippen LogP contribution in [-0.4, -0.2) is 41.9 Å². The number of likely N-dealkylation sites (tertiary alicyclic amines) is 1. The summed E-state index contributed by atoms with van der Waals surface area (Å²) in [6, 6.07) is 0.590. The molecule has 0 radical (unpaired) electrons. The Hall–Kier alpha value is -1.10. The molecule has 2 bridgehead atoms. The molecule has 1 aliphatic heterocycles. The van der Waals surface area contributed by atoms with Gasteiger partial charge in [-0.05, 0) is 63.2 Å². The van der Waals surface area contributed by atoms with E-state index in [0.29, 0.717) is 23.8 Å². The average molecular weight is 333 g/mol. The van der Waals surface area contributed by atoms with Gasteiger partial charge in [0.05, 0.1) is 0 Å². The second-order valence-electron chi connectivity index (χ2n) is 8.58. The van der Waals surface area contributed by atoms with Crippen LogP contribution in [0.25, 0.3) is 0 Å². The van der Waals surface area contributed by atoms with Gasteiger partial charge in [-0.1, -0.05) is 6.42 Å². The highest BCUT2D eigenvalue weighted by molar-refractivity contribution is 5.81. The number of nitrogens with zero attached hydrogens (tertiary/aromatic N) is 1. The standard InChI is InChI=1S/C19H31N3O2/c20-17-13-2-1-3-14(17)11-15(10-13)19(24)22-8-6-16(7-9-22)21-18(23)12-4-5-12/h12-17H,1-11,20H2,(H,21,23). The average Bonchev–Trinajstić information content (AvgIpc) is 3.39. The predicted molar refractivity (Wildman–Crippen MR) is 92.0 cm³/mol. The van der Waals surface area contributed by atoms with Crippen molar-refractivity contribution in [3.63, 3.8) is 0 Å². The minimum Gasteiger partial charge on any atom is -0.353 e. The van der Waals surface area contributed by atoms with Crippen LogP contribution in [-0.2, 0) is 9.59 Å². The van der Waals surface area contributed by atoms with Gasteiger partial charge in [0.25, 0.3) is 0 Å². The molecule has 1 heterocycles. The maximum absolute atomic E-state index is 12.9. The van der Waals surface area contributed by atoms with Gasteiger partial charge in [-0.2, -0.15) is 0 Å². The molecule has 134 valence electrons. The number of nitrogens with two attached hydrogens (primary N) is 1. The van der Waals surface area contributed by atoms with Crippen LogP contribution in [0.1, 0.15) is 57.8 Å². The molecule has 4 rings (SSSR count). The SMILES string of the molecule is NC1C2CCCC1CC(C(=O)N1CCC(NC(=O)C3CC3)CC1)C2. The molecule has 3 N–H and O–H groups in total. The lowest BCUT2D eigenvalue weighted by molar-refractivity contribution is -0.139. The summed E-state index contributed by atoms with van der Waals surface area (Å²) in [6.45, 7) is 1.60. The van der Waals surface area contributed by atoms with Crippen LogP contribution >= 0.6 is 0 Å². The zero-order chi connectivity index (χ0) is 16.7. The van der Waals surface area contributed by atoms with E-state index in [1.54, 1.807) is 0 Å². The molecule has 0 aromatic heterocycles. The van der Waals surface area contributed by atoms with E-state index in [1.165, 1.54) is 19.3 Å². The fourth-order valence-electron chi connectivity index (χ4n) is 5.16. The number of hydrogen-bond donors (Lipinski definition) is 2. The normalized spacial score (nSPS) is 37.1. The van der Waals surface area contributed by atoms with Gasteiger partial charge in [-0.3, -0.25) is 9.59 Å². The molecule has 0 aromatic carbocycles. The molecule has 24 heavy (non-hydrogen) atoms. The van der Waals surface area contributed by atoms with E-state index in [1.807, 2.05) is 0 Å². The van der Waals surface area contributed by atoms with Crippen LogP contribution in [0.2, 0.25) is 0 Å². The molecule has 1 saturated heterocycles. The second kappa shape index (κ2) is 6.66. The van der Waals surface area contributed by atoms with Gasteiger partial charge >= 0.3 is 0 Å². The van der Waals surface area contributed by atoms with Gasteiger partial charge in [0.1, 0.15) is 0 Å². The maximum Gasteiger partial charge on any atom is 0.225 e. The van der Waals surface area contributed by atoms with Crippen LogP contribution in [0, 0.1) is 23.7 Å². The minimum atomic E-state index is 0.192. The molecular weight excluding hydrogens is 302 g/mol. The van der Waals surface area contributed by atoms with Crippen molar-refractivity contribution in [1.82, 2.24) is 10.2 Å². The third-order valence-corrected chi connectivity index (χ3v) is 6.86. The van der Waals surface area contributed by atoms with Crippen LogP contribution < -0.4 is 11.1 Å². The molecule has 2 amide bonds. The molecule has 3 saturated carbocycles. The first-order chi connectivity index (χ1) is 11.6. The first kappa shape index (κ1) is 16.4. The van der Waals surface area contributed by atoms with Crippen molar-refractivity contribution in [3.05, 3.63) is 0 Å². The molecule has 5 nitrogen and oxygen atoms in total. The highest BCUT2D eigenvalue weighted by Gasteiger charge is 2.42. The molecule has 4 fully saturated rings. The zero-order valence-corrected chi connectivity index (χ0v) is 14.6. The lowest BCUT2D eigenvalue weighted by Gasteiger charge is -2.45. The van der Waals surface area contributed by atoms with E-state index in [2.05, 4.69) is 10.2 Å². The number of rotatable bonds is 3. The topological polar surface area (TPSA) is 75.4 Å². The maximum atomic E-state index is 12.9. The van der Waals surface area contributed by atoms with Crippen molar-refractivity contribution in [2.24, 2.45) is 29.4 Å².